The molecule has 0 spiro atoms. The molecule has 0 aliphatic carbocycles. The molecule has 2 heterocycles. The van der Waals surface area contributed by atoms with Gasteiger partial charge in [-0.3, -0.25) is 4.79 Å². The van der Waals surface area contributed by atoms with E-state index in [0.29, 0.717) is 18.9 Å². The number of carbonyl (C=O) groups is 1. The van der Waals surface area contributed by atoms with Crippen LogP contribution in [0.5, 0.6) is 0 Å². The quantitative estimate of drug-likeness (QED) is 0.524. The molecule has 3 nitrogen and oxygen atoms in total. The monoisotopic (exact) mass is 406 g/mol. The van der Waals surface area contributed by atoms with Crippen LogP contribution >= 0.6 is 0 Å². The highest BCUT2D eigenvalue weighted by atomic mass is 19.1. The summed E-state index contributed by atoms with van der Waals surface area (Å²) < 4.78 is 15.9. The first-order chi connectivity index (χ1) is 14.3. The average molecular weight is 407 g/mol. The van der Waals surface area contributed by atoms with Gasteiger partial charge in [0.2, 0.25) is 5.91 Å². The van der Waals surface area contributed by atoms with Crippen LogP contribution in [-0.2, 0) is 11.3 Å². The lowest BCUT2D eigenvalue weighted by atomic mass is 9.87. The van der Waals surface area contributed by atoms with E-state index in [1.165, 1.54) is 22.5 Å². The third-order valence-electron chi connectivity index (χ3n) is 6.03. The maximum Gasteiger partial charge on any atom is 0.223 e. The van der Waals surface area contributed by atoms with Gasteiger partial charge in [0.1, 0.15) is 5.82 Å². The zero-order chi connectivity index (χ0) is 21.3. The van der Waals surface area contributed by atoms with Crippen molar-refractivity contribution >= 4 is 16.8 Å². The molecule has 2 aromatic carbocycles. The van der Waals surface area contributed by atoms with Crippen molar-refractivity contribution in [2.45, 2.75) is 52.5 Å². The summed E-state index contributed by atoms with van der Waals surface area (Å²) >= 11 is 0. The molecule has 0 bridgehead atoms. The fraction of sp³-hybridized carbons (Fsp3) is 0.423. The molecule has 1 amide bonds. The van der Waals surface area contributed by atoms with E-state index >= 15 is 0 Å². The Hall–Kier alpha value is -2.62. The van der Waals surface area contributed by atoms with Gasteiger partial charge in [-0.05, 0) is 53.5 Å². The summed E-state index contributed by atoms with van der Waals surface area (Å²) in [6.07, 6.45) is 4.82. The van der Waals surface area contributed by atoms with E-state index in [-0.39, 0.29) is 17.1 Å². The molecule has 0 saturated carbocycles. The fourth-order valence-corrected chi connectivity index (χ4v) is 4.57. The Morgan fingerprint density at radius 3 is 2.50 bits per heavy atom. The predicted molar refractivity (Wildman–Crippen MR) is 120 cm³/mol. The van der Waals surface area contributed by atoms with Crippen molar-refractivity contribution in [2.75, 3.05) is 13.1 Å². The van der Waals surface area contributed by atoms with Crippen LogP contribution in [0, 0.1) is 11.2 Å². The molecule has 0 radical (unpaired) electrons. The molecule has 158 valence electrons. The molecule has 1 aromatic heterocycles. The van der Waals surface area contributed by atoms with E-state index in [2.05, 4.69) is 55.8 Å². The maximum absolute atomic E-state index is 13.6. The summed E-state index contributed by atoms with van der Waals surface area (Å²) in [5.74, 6) is 0.522. The number of carbonyl (C=O) groups excluding carboxylic acids is 1. The molecule has 1 aliphatic heterocycles. The number of likely N-dealkylation sites (tertiary alicyclic amines) is 1. The van der Waals surface area contributed by atoms with Crippen molar-refractivity contribution in [3.05, 3.63) is 71.7 Å². The zero-order valence-electron chi connectivity index (χ0n) is 18.2. The minimum atomic E-state index is -0.198. The van der Waals surface area contributed by atoms with Gasteiger partial charge in [0.25, 0.3) is 0 Å². The summed E-state index contributed by atoms with van der Waals surface area (Å²) in [6.45, 7) is 8.65. The lowest BCUT2D eigenvalue weighted by molar-refractivity contribution is -0.134. The summed E-state index contributed by atoms with van der Waals surface area (Å²) in [4.78, 5) is 14.6. The number of fused-ring (bicyclic) bond motifs is 1. The molecule has 4 heteroatoms. The van der Waals surface area contributed by atoms with Gasteiger partial charge in [0, 0.05) is 43.2 Å². The van der Waals surface area contributed by atoms with E-state index in [9.17, 15) is 9.18 Å². The van der Waals surface area contributed by atoms with Crippen LogP contribution in [0.3, 0.4) is 0 Å². The summed E-state index contributed by atoms with van der Waals surface area (Å²) in [7, 11) is 0. The van der Waals surface area contributed by atoms with Crippen molar-refractivity contribution in [1.29, 1.82) is 0 Å². The van der Waals surface area contributed by atoms with Crippen LogP contribution < -0.4 is 0 Å². The van der Waals surface area contributed by atoms with Crippen molar-refractivity contribution in [1.82, 2.24) is 9.47 Å². The van der Waals surface area contributed by atoms with Crippen molar-refractivity contribution < 1.29 is 9.18 Å². The number of para-hydroxylation sites is 1. The number of hydrogen-bond acceptors (Lipinski definition) is 1. The maximum atomic E-state index is 13.6. The SMILES string of the molecule is CC(C)(C)CC(=O)N1CCC(c2cn(Cc3cccc(F)c3)c3ccccc23)CC1. The minimum Gasteiger partial charge on any atom is -0.343 e. The molecular weight excluding hydrogens is 375 g/mol. The average Bonchev–Trinajstić information content (AvgIpc) is 3.05. The second kappa shape index (κ2) is 8.25. The number of amides is 1. The summed E-state index contributed by atoms with van der Waals surface area (Å²) in [6, 6.07) is 15.3. The van der Waals surface area contributed by atoms with Crippen LogP contribution in [0.1, 0.15) is 57.1 Å². The number of piperidine rings is 1. The molecule has 30 heavy (non-hydrogen) atoms. The first kappa shape index (κ1) is 20.6. The van der Waals surface area contributed by atoms with E-state index in [1.54, 1.807) is 12.1 Å². The molecule has 0 atom stereocenters. The standard InChI is InChI=1S/C26H31FN2O/c1-26(2,3)16-25(30)28-13-11-20(12-14-28)23-18-29(24-10-5-4-9-22(23)24)17-19-7-6-8-21(27)15-19/h4-10,15,18,20H,11-14,16-17H2,1-3H3. The Morgan fingerprint density at radius 2 is 1.80 bits per heavy atom. The van der Waals surface area contributed by atoms with E-state index < -0.39 is 0 Å². The van der Waals surface area contributed by atoms with Gasteiger partial charge >= 0.3 is 0 Å². The Morgan fingerprint density at radius 1 is 1.07 bits per heavy atom. The van der Waals surface area contributed by atoms with Crippen LogP contribution in [0.2, 0.25) is 0 Å². The van der Waals surface area contributed by atoms with E-state index in [1.807, 2.05) is 11.0 Å². The van der Waals surface area contributed by atoms with Gasteiger partial charge in [-0.25, -0.2) is 4.39 Å². The number of nitrogens with zero attached hydrogens (tertiary/aromatic N) is 2. The van der Waals surface area contributed by atoms with E-state index in [0.717, 1.165) is 31.5 Å². The highest BCUT2D eigenvalue weighted by Crippen LogP contribution is 2.35. The Balaban J connectivity index is 1.53. The van der Waals surface area contributed by atoms with Gasteiger partial charge in [0.15, 0.2) is 0 Å². The first-order valence-corrected chi connectivity index (χ1v) is 10.9. The third kappa shape index (κ3) is 4.58. The van der Waals surface area contributed by atoms with E-state index in [4.69, 9.17) is 0 Å². The van der Waals surface area contributed by atoms with Crippen LogP contribution in [0.15, 0.2) is 54.7 Å². The topological polar surface area (TPSA) is 25.2 Å². The smallest absolute Gasteiger partial charge is 0.223 e. The Kier molecular flexibility index (Phi) is 5.68. The van der Waals surface area contributed by atoms with Gasteiger partial charge in [0.05, 0.1) is 0 Å². The number of aromatic nitrogens is 1. The number of hydrogen-bond donors (Lipinski definition) is 0. The Labute approximate surface area is 178 Å². The third-order valence-corrected chi connectivity index (χ3v) is 6.03. The zero-order valence-corrected chi connectivity index (χ0v) is 18.2. The molecule has 1 aliphatic rings. The molecule has 0 N–H and O–H groups in total. The number of halogens is 1. The molecule has 3 aromatic rings. The molecule has 1 saturated heterocycles. The highest BCUT2D eigenvalue weighted by Gasteiger charge is 2.28. The van der Waals surface area contributed by atoms with Gasteiger partial charge in [-0.1, -0.05) is 51.1 Å². The fourth-order valence-electron chi connectivity index (χ4n) is 4.57. The van der Waals surface area contributed by atoms with Crippen LogP contribution in [-0.4, -0.2) is 28.5 Å². The molecule has 1 fully saturated rings. The van der Waals surface area contributed by atoms with Crippen molar-refractivity contribution in [3.63, 3.8) is 0 Å². The molecule has 0 unspecified atom stereocenters. The molecule has 4 rings (SSSR count). The summed E-state index contributed by atoms with van der Waals surface area (Å²) in [5, 5.41) is 1.27. The normalized spacial score (nSPS) is 15.7. The number of rotatable bonds is 4. The molecular formula is C26H31FN2O. The first-order valence-electron chi connectivity index (χ1n) is 10.9. The number of benzene rings is 2. The highest BCUT2D eigenvalue weighted by molar-refractivity contribution is 5.84. The minimum absolute atomic E-state index is 0.0261. The predicted octanol–water partition coefficient (Wildman–Crippen LogP) is 5.97. The second-order valence-corrected chi connectivity index (χ2v) is 9.75. The van der Waals surface area contributed by atoms with Crippen LogP contribution in [0.25, 0.3) is 10.9 Å². The second-order valence-electron chi connectivity index (χ2n) is 9.75. The van der Waals surface area contributed by atoms with Crippen molar-refractivity contribution in [3.8, 4) is 0 Å². The lowest BCUT2D eigenvalue weighted by Crippen LogP contribution is -2.39. The van der Waals surface area contributed by atoms with Gasteiger partial charge in [-0.2, -0.15) is 0 Å². The summed E-state index contributed by atoms with van der Waals surface area (Å²) in [5.41, 5.74) is 3.52. The van der Waals surface area contributed by atoms with Crippen molar-refractivity contribution in [2.24, 2.45) is 5.41 Å². The van der Waals surface area contributed by atoms with Gasteiger partial charge in [-0.15, -0.1) is 0 Å². The van der Waals surface area contributed by atoms with Gasteiger partial charge < -0.3 is 9.47 Å². The Bertz CT molecular complexity index is 1040. The lowest BCUT2D eigenvalue weighted by Gasteiger charge is -2.33. The van der Waals surface area contributed by atoms with Crippen LogP contribution in [0.4, 0.5) is 4.39 Å². The largest absolute Gasteiger partial charge is 0.343 e.